The molecule has 1 aromatic rings. The van der Waals surface area contributed by atoms with Gasteiger partial charge in [0.1, 0.15) is 5.82 Å². The quantitative estimate of drug-likeness (QED) is 0.334. The van der Waals surface area contributed by atoms with Crippen molar-refractivity contribution in [1.29, 1.82) is 0 Å². The van der Waals surface area contributed by atoms with E-state index in [2.05, 4.69) is 0 Å². The van der Waals surface area contributed by atoms with E-state index in [1.54, 1.807) is 7.11 Å². The van der Waals surface area contributed by atoms with Gasteiger partial charge in [0.15, 0.2) is 0 Å². The fourth-order valence-electron chi connectivity index (χ4n) is 1.77. The summed E-state index contributed by atoms with van der Waals surface area (Å²) in [5, 5.41) is 0. The van der Waals surface area contributed by atoms with E-state index < -0.39 is 5.91 Å². The number of nitrogens with two attached hydrogens (primary N) is 1. The molecule has 0 atom stereocenters. The predicted molar refractivity (Wildman–Crippen MR) is 70.9 cm³/mol. The minimum absolute atomic E-state index is 0.327. The van der Waals surface area contributed by atoms with Crippen molar-refractivity contribution in [2.24, 2.45) is 5.84 Å². The van der Waals surface area contributed by atoms with Gasteiger partial charge in [0.25, 0.3) is 5.91 Å². The van der Waals surface area contributed by atoms with Gasteiger partial charge in [-0.05, 0) is 31.7 Å². The van der Waals surface area contributed by atoms with E-state index in [1.807, 2.05) is 17.4 Å². The number of hydrogen-bond donors (Lipinski definition) is 2. The van der Waals surface area contributed by atoms with Gasteiger partial charge in [0.2, 0.25) is 0 Å². The molecule has 0 unspecified atom stereocenters. The molecular weight excluding hydrogens is 249 g/mol. The predicted octanol–water partition coefficient (Wildman–Crippen LogP) is 0.898. The first-order valence-corrected chi connectivity index (χ1v) is 6.05. The van der Waals surface area contributed by atoms with Crippen LogP contribution in [0.2, 0.25) is 0 Å². The van der Waals surface area contributed by atoms with Crippen molar-refractivity contribution in [3.05, 3.63) is 35.1 Å². The van der Waals surface area contributed by atoms with Crippen molar-refractivity contribution >= 4 is 5.91 Å². The molecule has 0 heterocycles. The van der Waals surface area contributed by atoms with Crippen LogP contribution in [0.1, 0.15) is 22.3 Å². The van der Waals surface area contributed by atoms with Crippen LogP contribution in [-0.4, -0.2) is 38.1 Å². The van der Waals surface area contributed by atoms with Gasteiger partial charge < -0.3 is 9.64 Å². The standard InChI is InChI=1S/C13H20FN3O2/c1-17(6-3-7-19-2)9-11-8-10(13(18)16-15)4-5-12(11)14/h4-5,8H,3,6-7,9,15H2,1-2H3,(H,16,18). The van der Waals surface area contributed by atoms with Gasteiger partial charge in [0.05, 0.1) is 0 Å². The Labute approximate surface area is 112 Å². The number of methoxy groups -OCH3 is 1. The third-order valence-corrected chi connectivity index (χ3v) is 2.77. The van der Waals surface area contributed by atoms with E-state index in [1.165, 1.54) is 18.2 Å². The van der Waals surface area contributed by atoms with Gasteiger partial charge in [-0.15, -0.1) is 0 Å². The summed E-state index contributed by atoms with van der Waals surface area (Å²) in [6, 6.07) is 4.21. The van der Waals surface area contributed by atoms with Gasteiger partial charge >= 0.3 is 0 Å². The summed E-state index contributed by atoms with van der Waals surface area (Å²) < 4.78 is 18.6. The maximum absolute atomic E-state index is 13.7. The summed E-state index contributed by atoms with van der Waals surface area (Å²) in [5.74, 6) is 4.30. The van der Waals surface area contributed by atoms with Gasteiger partial charge in [-0.3, -0.25) is 10.2 Å². The van der Waals surface area contributed by atoms with Crippen LogP contribution < -0.4 is 11.3 Å². The molecular formula is C13H20FN3O2. The minimum atomic E-state index is -0.428. The summed E-state index contributed by atoms with van der Waals surface area (Å²) in [7, 11) is 3.54. The molecule has 1 amide bonds. The minimum Gasteiger partial charge on any atom is -0.385 e. The zero-order chi connectivity index (χ0) is 14.3. The number of carbonyl (C=O) groups is 1. The average Bonchev–Trinajstić information content (AvgIpc) is 2.40. The topological polar surface area (TPSA) is 67.6 Å². The molecule has 19 heavy (non-hydrogen) atoms. The molecule has 0 saturated carbocycles. The normalized spacial score (nSPS) is 10.8. The van der Waals surface area contributed by atoms with Gasteiger partial charge in [-0.25, -0.2) is 10.2 Å². The second-order valence-electron chi connectivity index (χ2n) is 4.36. The Kier molecular flexibility index (Phi) is 6.41. The number of benzene rings is 1. The van der Waals surface area contributed by atoms with Crippen molar-refractivity contribution < 1.29 is 13.9 Å². The van der Waals surface area contributed by atoms with Crippen LogP contribution in [0.5, 0.6) is 0 Å². The highest BCUT2D eigenvalue weighted by molar-refractivity contribution is 5.93. The number of nitrogen functional groups attached to an aromatic ring is 1. The SMILES string of the molecule is COCCCN(C)Cc1cc(C(=O)NN)ccc1F. The molecule has 5 nitrogen and oxygen atoms in total. The summed E-state index contributed by atoms with van der Waals surface area (Å²) in [6.45, 7) is 1.89. The first-order valence-electron chi connectivity index (χ1n) is 6.05. The molecule has 0 aliphatic rings. The van der Waals surface area contributed by atoms with Crippen LogP contribution in [0.3, 0.4) is 0 Å². The summed E-state index contributed by atoms with van der Waals surface area (Å²) in [6.07, 6.45) is 0.873. The van der Waals surface area contributed by atoms with Crippen LogP contribution in [-0.2, 0) is 11.3 Å². The zero-order valence-electron chi connectivity index (χ0n) is 11.3. The first-order chi connectivity index (χ1) is 9.08. The number of hydrogen-bond acceptors (Lipinski definition) is 4. The molecule has 0 aliphatic heterocycles. The summed E-state index contributed by atoms with van der Waals surface area (Å²) >= 11 is 0. The van der Waals surface area contributed by atoms with Gasteiger partial charge in [-0.2, -0.15) is 0 Å². The van der Waals surface area contributed by atoms with E-state index >= 15 is 0 Å². The van der Waals surface area contributed by atoms with E-state index in [0.717, 1.165) is 13.0 Å². The Morgan fingerprint density at radius 1 is 1.53 bits per heavy atom. The molecule has 0 aliphatic carbocycles. The fraction of sp³-hybridized carbons (Fsp3) is 0.462. The second kappa shape index (κ2) is 7.83. The fourth-order valence-corrected chi connectivity index (χ4v) is 1.77. The third kappa shape index (κ3) is 4.94. The van der Waals surface area contributed by atoms with Crippen LogP contribution in [0.15, 0.2) is 18.2 Å². The summed E-state index contributed by atoms with van der Waals surface area (Å²) in [5.41, 5.74) is 2.86. The Hall–Kier alpha value is -1.50. The number of rotatable bonds is 7. The molecule has 0 radical (unpaired) electrons. The molecule has 0 saturated heterocycles. The first kappa shape index (κ1) is 15.6. The maximum Gasteiger partial charge on any atom is 0.265 e. The number of amides is 1. The molecule has 6 heteroatoms. The maximum atomic E-state index is 13.7. The monoisotopic (exact) mass is 269 g/mol. The lowest BCUT2D eigenvalue weighted by molar-refractivity contribution is 0.0953. The van der Waals surface area contributed by atoms with Crippen LogP contribution in [0.25, 0.3) is 0 Å². The molecule has 0 spiro atoms. The van der Waals surface area contributed by atoms with Crippen LogP contribution >= 0.6 is 0 Å². The number of ether oxygens (including phenoxy) is 1. The van der Waals surface area contributed by atoms with Crippen LogP contribution in [0.4, 0.5) is 4.39 Å². The highest BCUT2D eigenvalue weighted by Crippen LogP contribution is 2.13. The number of halogens is 1. The lowest BCUT2D eigenvalue weighted by atomic mass is 10.1. The Morgan fingerprint density at radius 2 is 2.26 bits per heavy atom. The highest BCUT2D eigenvalue weighted by atomic mass is 19.1. The van der Waals surface area contributed by atoms with Gasteiger partial charge in [-0.1, -0.05) is 0 Å². The average molecular weight is 269 g/mol. The van der Waals surface area contributed by atoms with Crippen molar-refractivity contribution in [3.8, 4) is 0 Å². The Morgan fingerprint density at radius 3 is 2.89 bits per heavy atom. The Bertz CT molecular complexity index is 426. The number of nitrogens with one attached hydrogen (secondary N) is 1. The van der Waals surface area contributed by atoms with Crippen molar-refractivity contribution in [3.63, 3.8) is 0 Å². The third-order valence-electron chi connectivity index (χ3n) is 2.77. The second-order valence-corrected chi connectivity index (χ2v) is 4.36. The van der Waals surface area contributed by atoms with E-state index in [4.69, 9.17) is 10.6 Å². The molecule has 0 aromatic heterocycles. The molecule has 0 bridgehead atoms. The van der Waals surface area contributed by atoms with E-state index in [0.29, 0.717) is 24.3 Å². The van der Waals surface area contributed by atoms with E-state index in [9.17, 15) is 9.18 Å². The molecule has 1 aromatic carbocycles. The lowest BCUT2D eigenvalue weighted by Crippen LogP contribution is -2.30. The van der Waals surface area contributed by atoms with Crippen molar-refractivity contribution in [1.82, 2.24) is 10.3 Å². The van der Waals surface area contributed by atoms with Crippen molar-refractivity contribution in [2.45, 2.75) is 13.0 Å². The van der Waals surface area contributed by atoms with Crippen molar-refractivity contribution in [2.75, 3.05) is 27.3 Å². The molecule has 0 fully saturated rings. The molecule has 106 valence electrons. The Balaban J connectivity index is 2.68. The highest BCUT2D eigenvalue weighted by Gasteiger charge is 2.10. The van der Waals surface area contributed by atoms with E-state index in [-0.39, 0.29) is 5.82 Å². The molecule has 3 N–H and O–H groups in total. The lowest BCUT2D eigenvalue weighted by Gasteiger charge is -2.17. The number of nitrogens with zero attached hydrogens (tertiary/aromatic N) is 1. The number of hydrazine groups is 1. The summed E-state index contributed by atoms with van der Waals surface area (Å²) in [4.78, 5) is 13.4. The zero-order valence-corrected chi connectivity index (χ0v) is 11.3. The number of carbonyl (C=O) groups excluding carboxylic acids is 1. The smallest absolute Gasteiger partial charge is 0.265 e. The largest absolute Gasteiger partial charge is 0.385 e. The van der Waals surface area contributed by atoms with Crippen LogP contribution in [0, 0.1) is 5.82 Å². The van der Waals surface area contributed by atoms with Gasteiger partial charge in [0, 0.05) is 37.9 Å². The molecule has 1 rings (SSSR count).